The minimum absolute atomic E-state index is 0.132. The van der Waals surface area contributed by atoms with Crippen molar-refractivity contribution in [3.63, 3.8) is 0 Å². The van der Waals surface area contributed by atoms with E-state index < -0.39 is 0 Å². The summed E-state index contributed by atoms with van der Waals surface area (Å²) in [5, 5.41) is 10.1. The van der Waals surface area contributed by atoms with E-state index in [1.165, 1.54) is 54.6 Å². The highest BCUT2D eigenvalue weighted by molar-refractivity contribution is 6.26. The molecule has 9 rings (SSSR count). The summed E-state index contributed by atoms with van der Waals surface area (Å²) >= 11 is 0. The molecular weight excluding hydrogens is 496 g/mol. The largest absolute Gasteiger partial charge is 0.254 e. The number of benzene rings is 6. The highest BCUT2D eigenvalue weighted by atomic mass is 14.8. The Morgan fingerprint density at radius 3 is 1.83 bits per heavy atom. The third kappa shape index (κ3) is 3.08. The third-order valence-electron chi connectivity index (χ3n) is 9.27. The highest BCUT2D eigenvalue weighted by Gasteiger charge is 2.36. The number of aromatic nitrogens is 2. The van der Waals surface area contributed by atoms with E-state index in [4.69, 9.17) is 4.98 Å². The van der Waals surface area contributed by atoms with E-state index in [0.717, 1.165) is 33.1 Å². The lowest BCUT2D eigenvalue weighted by atomic mass is 9.80. The van der Waals surface area contributed by atoms with Gasteiger partial charge in [0.15, 0.2) is 0 Å². The summed E-state index contributed by atoms with van der Waals surface area (Å²) in [5.41, 5.74) is 9.29. The van der Waals surface area contributed by atoms with E-state index in [-0.39, 0.29) is 5.41 Å². The molecule has 0 spiro atoms. The lowest BCUT2D eigenvalue weighted by Crippen LogP contribution is -2.15. The number of rotatable bonds is 1. The van der Waals surface area contributed by atoms with Gasteiger partial charge in [0.05, 0.1) is 16.7 Å². The van der Waals surface area contributed by atoms with E-state index in [9.17, 15) is 0 Å². The van der Waals surface area contributed by atoms with E-state index in [1.807, 2.05) is 12.3 Å². The van der Waals surface area contributed by atoms with Gasteiger partial charge >= 0.3 is 0 Å². The molecule has 2 heterocycles. The minimum atomic E-state index is -0.132. The topological polar surface area (TPSA) is 25.8 Å². The summed E-state index contributed by atoms with van der Waals surface area (Å²) in [6, 6.07) is 42.1. The normalized spacial score (nSPS) is 13.8. The van der Waals surface area contributed by atoms with Gasteiger partial charge in [-0.05, 0) is 84.9 Å². The average molecular weight is 523 g/mol. The molecule has 0 radical (unpaired) electrons. The molecule has 0 N–H and O–H groups in total. The van der Waals surface area contributed by atoms with Crippen LogP contribution in [0, 0.1) is 0 Å². The molecule has 0 fully saturated rings. The summed E-state index contributed by atoms with van der Waals surface area (Å²) in [5.74, 6) is 0. The number of hydrogen-bond acceptors (Lipinski definition) is 2. The second-order valence-electron chi connectivity index (χ2n) is 11.8. The minimum Gasteiger partial charge on any atom is -0.254 e. The molecule has 6 aromatic carbocycles. The van der Waals surface area contributed by atoms with Crippen molar-refractivity contribution < 1.29 is 0 Å². The first-order valence-corrected chi connectivity index (χ1v) is 14.3. The Balaban J connectivity index is 1.28. The van der Waals surface area contributed by atoms with Gasteiger partial charge < -0.3 is 0 Å². The van der Waals surface area contributed by atoms with Crippen molar-refractivity contribution in [3.8, 4) is 22.4 Å². The zero-order chi connectivity index (χ0) is 27.3. The van der Waals surface area contributed by atoms with Gasteiger partial charge in [-0.2, -0.15) is 0 Å². The molecule has 8 aromatic rings. The van der Waals surface area contributed by atoms with Crippen LogP contribution >= 0.6 is 0 Å². The van der Waals surface area contributed by atoms with Crippen LogP contribution in [0.25, 0.3) is 76.5 Å². The van der Waals surface area contributed by atoms with Crippen molar-refractivity contribution >= 4 is 54.1 Å². The molecule has 2 nitrogen and oxygen atoms in total. The molecule has 0 bridgehead atoms. The van der Waals surface area contributed by atoms with E-state index in [0.29, 0.717) is 0 Å². The molecule has 0 saturated heterocycles. The first-order chi connectivity index (χ1) is 20.1. The van der Waals surface area contributed by atoms with Crippen LogP contribution in [0.4, 0.5) is 0 Å². The molecule has 0 amide bonds. The first-order valence-electron chi connectivity index (χ1n) is 14.3. The van der Waals surface area contributed by atoms with Gasteiger partial charge in [-0.25, -0.2) is 4.98 Å². The van der Waals surface area contributed by atoms with Gasteiger partial charge in [-0.1, -0.05) is 98.8 Å². The van der Waals surface area contributed by atoms with Crippen molar-refractivity contribution in [3.05, 3.63) is 133 Å². The maximum absolute atomic E-state index is 5.15. The quantitative estimate of drug-likeness (QED) is 0.200. The molecule has 1 aliphatic carbocycles. The summed E-state index contributed by atoms with van der Waals surface area (Å²) < 4.78 is 0. The molecule has 0 saturated carbocycles. The maximum Gasteiger partial charge on any atom is 0.0972 e. The fourth-order valence-corrected chi connectivity index (χ4v) is 7.18. The highest BCUT2D eigenvalue weighted by Crippen LogP contribution is 2.52. The lowest BCUT2D eigenvalue weighted by molar-refractivity contribution is 0.661. The predicted molar refractivity (Wildman–Crippen MR) is 173 cm³/mol. The third-order valence-corrected chi connectivity index (χ3v) is 9.27. The van der Waals surface area contributed by atoms with E-state index in [1.54, 1.807) is 0 Å². The van der Waals surface area contributed by atoms with Crippen LogP contribution in [0.5, 0.6) is 0 Å². The molecule has 1 aliphatic rings. The smallest absolute Gasteiger partial charge is 0.0972 e. The zero-order valence-electron chi connectivity index (χ0n) is 22.9. The fourth-order valence-electron chi connectivity index (χ4n) is 7.18. The molecule has 2 aromatic heterocycles. The first kappa shape index (κ1) is 22.7. The van der Waals surface area contributed by atoms with Gasteiger partial charge in [-0.3, -0.25) is 4.98 Å². The average Bonchev–Trinajstić information content (AvgIpc) is 3.25. The number of pyridine rings is 2. The van der Waals surface area contributed by atoms with Crippen LogP contribution in [0.1, 0.15) is 25.0 Å². The summed E-state index contributed by atoms with van der Waals surface area (Å²) in [6.07, 6.45) is 1.85. The van der Waals surface area contributed by atoms with Crippen LogP contribution in [-0.4, -0.2) is 9.97 Å². The van der Waals surface area contributed by atoms with Gasteiger partial charge in [0.2, 0.25) is 0 Å². The Kier molecular flexibility index (Phi) is 4.42. The van der Waals surface area contributed by atoms with Crippen molar-refractivity contribution in [2.75, 3.05) is 0 Å². The maximum atomic E-state index is 5.15. The van der Waals surface area contributed by atoms with Crippen LogP contribution in [0.3, 0.4) is 0 Å². The molecule has 192 valence electrons. The van der Waals surface area contributed by atoms with Crippen molar-refractivity contribution in [1.82, 2.24) is 9.97 Å². The second kappa shape index (κ2) is 7.99. The fraction of sp³-hybridized carbons (Fsp3) is 0.0769. The Morgan fingerprint density at radius 2 is 1.10 bits per heavy atom. The number of fused-ring (bicyclic) bond motifs is 12. The zero-order valence-corrected chi connectivity index (χ0v) is 22.9. The van der Waals surface area contributed by atoms with E-state index in [2.05, 4.69) is 128 Å². The summed E-state index contributed by atoms with van der Waals surface area (Å²) in [4.78, 5) is 9.81. The SMILES string of the molecule is CC1(C)c2cc(-c3ccc4ccc5cccnc5c4n3)ccc2-c2cc3c4ccccc4c4ccccc4c3cc21. The summed E-state index contributed by atoms with van der Waals surface area (Å²) in [6.45, 7) is 4.73. The Hall–Kier alpha value is -5.08. The Morgan fingerprint density at radius 1 is 0.488 bits per heavy atom. The second-order valence-corrected chi connectivity index (χ2v) is 11.8. The molecular formula is C39H26N2. The Labute approximate surface area is 237 Å². The monoisotopic (exact) mass is 522 g/mol. The Bertz CT molecular complexity index is 2400. The van der Waals surface area contributed by atoms with Gasteiger partial charge in [0.25, 0.3) is 0 Å². The van der Waals surface area contributed by atoms with Crippen LogP contribution in [-0.2, 0) is 5.41 Å². The molecule has 0 unspecified atom stereocenters. The number of nitrogens with zero attached hydrogens (tertiary/aromatic N) is 2. The van der Waals surface area contributed by atoms with Gasteiger partial charge in [-0.15, -0.1) is 0 Å². The molecule has 41 heavy (non-hydrogen) atoms. The molecule has 0 atom stereocenters. The van der Waals surface area contributed by atoms with Crippen molar-refractivity contribution in [2.24, 2.45) is 0 Å². The molecule has 2 heteroatoms. The van der Waals surface area contributed by atoms with Crippen molar-refractivity contribution in [2.45, 2.75) is 19.3 Å². The lowest BCUT2D eigenvalue weighted by Gasteiger charge is -2.23. The van der Waals surface area contributed by atoms with Crippen LogP contribution in [0.2, 0.25) is 0 Å². The van der Waals surface area contributed by atoms with Crippen LogP contribution < -0.4 is 0 Å². The number of hydrogen-bond donors (Lipinski definition) is 0. The van der Waals surface area contributed by atoms with Gasteiger partial charge in [0, 0.05) is 27.9 Å². The van der Waals surface area contributed by atoms with Crippen molar-refractivity contribution in [1.29, 1.82) is 0 Å². The predicted octanol–water partition coefficient (Wildman–Crippen LogP) is 10.2. The summed E-state index contributed by atoms with van der Waals surface area (Å²) in [7, 11) is 0. The van der Waals surface area contributed by atoms with E-state index >= 15 is 0 Å². The standard InChI is InChI=1S/C39H26N2/c1-39(2)34-20-25(36-18-16-24-14-13-23-8-7-19-40-37(23)38(24)41-36)15-17-30(34)33-21-31-28-11-5-3-9-26(28)27-10-4-6-12-29(27)32(31)22-35(33)39/h3-22H,1-2H3. The molecule has 0 aliphatic heterocycles. The van der Waals surface area contributed by atoms with Crippen LogP contribution in [0.15, 0.2) is 121 Å². The van der Waals surface area contributed by atoms with Gasteiger partial charge in [0.1, 0.15) is 0 Å².